The zero-order valence-corrected chi connectivity index (χ0v) is 13.7. The summed E-state index contributed by atoms with van der Waals surface area (Å²) in [6.45, 7) is 5.82. The number of morpholine rings is 1. The quantitative estimate of drug-likeness (QED) is 0.781. The summed E-state index contributed by atoms with van der Waals surface area (Å²) in [7, 11) is 4.13. The van der Waals surface area contributed by atoms with Crippen LogP contribution in [-0.4, -0.2) is 68.2 Å². The van der Waals surface area contributed by atoms with Crippen LogP contribution < -0.4 is 4.90 Å². The second-order valence-electron chi connectivity index (χ2n) is 6.45. The molecule has 2 heterocycles. The number of anilines is 1. The van der Waals surface area contributed by atoms with Gasteiger partial charge in [0.25, 0.3) is 5.91 Å². The lowest BCUT2D eigenvalue weighted by Crippen LogP contribution is -2.52. The third kappa shape index (κ3) is 2.96. The highest BCUT2D eigenvalue weighted by Gasteiger charge is 2.33. The van der Waals surface area contributed by atoms with Crippen molar-refractivity contribution >= 4 is 11.6 Å². The molecular formula is C17H25N3O2. The Morgan fingerprint density at radius 1 is 1.23 bits per heavy atom. The van der Waals surface area contributed by atoms with Gasteiger partial charge in [-0.3, -0.25) is 4.79 Å². The van der Waals surface area contributed by atoms with Crippen LogP contribution in [0, 0.1) is 0 Å². The molecule has 5 heteroatoms. The van der Waals surface area contributed by atoms with E-state index in [2.05, 4.69) is 42.0 Å². The third-order valence-electron chi connectivity index (χ3n) is 4.64. The van der Waals surface area contributed by atoms with Gasteiger partial charge in [0, 0.05) is 45.0 Å². The molecule has 5 nitrogen and oxygen atoms in total. The number of nitrogens with zero attached hydrogens (tertiary/aromatic N) is 3. The summed E-state index contributed by atoms with van der Waals surface area (Å²) in [5.41, 5.74) is 2.41. The molecule has 3 rings (SSSR count). The standard InChI is InChI=1S/C17H25N3O2/c1-13-10-19(3)15-7-5-4-6-14(15)11-20(13)17(21)16-12-18(2)8-9-22-16/h4-7,13,16H,8-12H2,1-3H3. The lowest BCUT2D eigenvalue weighted by molar-refractivity contribution is -0.151. The van der Waals surface area contributed by atoms with Crippen LogP contribution in [-0.2, 0) is 16.1 Å². The average Bonchev–Trinajstić information content (AvgIpc) is 2.63. The van der Waals surface area contributed by atoms with Gasteiger partial charge in [-0.25, -0.2) is 0 Å². The summed E-state index contributed by atoms with van der Waals surface area (Å²) in [5, 5.41) is 0. The van der Waals surface area contributed by atoms with Crippen LogP contribution in [0.15, 0.2) is 24.3 Å². The van der Waals surface area contributed by atoms with Crippen LogP contribution in [0.2, 0.25) is 0 Å². The summed E-state index contributed by atoms with van der Waals surface area (Å²) in [6, 6.07) is 8.49. The first-order valence-electron chi connectivity index (χ1n) is 7.96. The summed E-state index contributed by atoms with van der Waals surface area (Å²) in [4.78, 5) is 19.3. The minimum Gasteiger partial charge on any atom is -0.372 e. The number of para-hydroxylation sites is 1. The topological polar surface area (TPSA) is 36.0 Å². The molecule has 1 amide bonds. The second-order valence-corrected chi connectivity index (χ2v) is 6.45. The SMILES string of the molecule is CC1CN(C)c2ccccc2CN1C(=O)C1CN(C)CCO1. The molecular weight excluding hydrogens is 278 g/mol. The van der Waals surface area contributed by atoms with Crippen molar-refractivity contribution < 1.29 is 9.53 Å². The number of ether oxygens (including phenoxy) is 1. The van der Waals surface area contributed by atoms with Gasteiger partial charge in [-0.2, -0.15) is 0 Å². The van der Waals surface area contributed by atoms with E-state index in [4.69, 9.17) is 4.74 Å². The maximum absolute atomic E-state index is 12.9. The first-order chi connectivity index (χ1) is 10.6. The van der Waals surface area contributed by atoms with E-state index < -0.39 is 0 Å². The van der Waals surface area contributed by atoms with Gasteiger partial charge in [0.1, 0.15) is 6.10 Å². The maximum atomic E-state index is 12.9. The molecule has 120 valence electrons. The molecule has 0 spiro atoms. The van der Waals surface area contributed by atoms with E-state index in [9.17, 15) is 4.79 Å². The normalized spacial score (nSPS) is 26.5. The fourth-order valence-corrected chi connectivity index (χ4v) is 3.36. The first-order valence-corrected chi connectivity index (χ1v) is 7.96. The number of hydrogen-bond donors (Lipinski definition) is 0. The van der Waals surface area contributed by atoms with Crippen LogP contribution in [0.1, 0.15) is 12.5 Å². The summed E-state index contributed by atoms with van der Waals surface area (Å²) < 4.78 is 5.72. The Bertz CT molecular complexity index is 548. The van der Waals surface area contributed by atoms with Gasteiger partial charge in [-0.05, 0) is 25.6 Å². The Morgan fingerprint density at radius 3 is 2.77 bits per heavy atom. The Balaban J connectivity index is 1.82. The van der Waals surface area contributed by atoms with E-state index in [0.29, 0.717) is 19.7 Å². The van der Waals surface area contributed by atoms with Crippen molar-refractivity contribution in [2.75, 3.05) is 45.2 Å². The number of benzene rings is 1. The highest BCUT2D eigenvalue weighted by atomic mass is 16.5. The first kappa shape index (κ1) is 15.3. The monoisotopic (exact) mass is 303 g/mol. The van der Waals surface area contributed by atoms with Crippen molar-refractivity contribution in [2.24, 2.45) is 0 Å². The van der Waals surface area contributed by atoms with Gasteiger partial charge in [-0.15, -0.1) is 0 Å². The number of carbonyl (C=O) groups excluding carboxylic acids is 1. The van der Waals surface area contributed by atoms with Gasteiger partial charge in [0.05, 0.1) is 6.61 Å². The molecule has 0 saturated carbocycles. The van der Waals surface area contributed by atoms with Gasteiger partial charge in [0.15, 0.2) is 0 Å². The van der Waals surface area contributed by atoms with E-state index in [1.807, 2.05) is 18.0 Å². The van der Waals surface area contributed by atoms with E-state index in [-0.39, 0.29) is 18.1 Å². The minimum absolute atomic E-state index is 0.115. The van der Waals surface area contributed by atoms with Crippen LogP contribution in [0.5, 0.6) is 0 Å². The molecule has 0 aliphatic carbocycles. The van der Waals surface area contributed by atoms with E-state index >= 15 is 0 Å². The lowest BCUT2D eigenvalue weighted by atomic mass is 10.1. The van der Waals surface area contributed by atoms with Crippen LogP contribution in [0.3, 0.4) is 0 Å². The fourth-order valence-electron chi connectivity index (χ4n) is 3.36. The predicted molar refractivity (Wildman–Crippen MR) is 87.0 cm³/mol. The van der Waals surface area contributed by atoms with Crippen molar-refractivity contribution in [3.8, 4) is 0 Å². The fraction of sp³-hybridized carbons (Fsp3) is 0.588. The highest BCUT2D eigenvalue weighted by molar-refractivity contribution is 5.82. The smallest absolute Gasteiger partial charge is 0.253 e. The van der Waals surface area contributed by atoms with Crippen molar-refractivity contribution in [1.29, 1.82) is 0 Å². The number of hydrogen-bond acceptors (Lipinski definition) is 4. The van der Waals surface area contributed by atoms with Crippen LogP contribution in [0.4, 0.5) is 5.69 Å². The van der Waals surface area contributed by atoms with Crippen molar-refractivity contribution in [3.63, 3.8) is 0 Å². The van der Waals surface area contributed by atoms with Gasteiger partial charge in [0.2, 0.25) is 0 Å². The number of carbonyl (C=O) groups is 1. The molecule has 1 aromatic rings. The molecule has 0 bridgehead atoms. The maximum Gasteiger partial charge on any atom is 0.253 e. The van der Waals surface area contributed by atoms with Gasteiger partial charge in [-0.1, -0.05) is 18.2 Å². The van der Waals surface area contributed by atoms with Crippen molar-refractivity contribution in [2.45, 2.75) is 25.6 Å². The summed E-state index contributed by atoms with van der Waals surface area (Å²) >= 11 is 0. The van der Waals surface area contributed by atoms with Crippen molar-refractivity contribution in [1.82, 2.24) is 9.80 Å². The Morgan fingerprint density at radius 2 is 2.00 bits per heavy atom. The molecule has 2 unspecified atom stereocenters. The molecule has 0 aromatic heterocycles. The second kappa shape index (κ2) is 6.26. The highest BCUT2D eigenvalue weighted by Crippen LogP contribution is 2.26. The molecule has 2 atom stereocenters. The van der Waals surface area contributed by atoms with E-state index in [1.54, 1.807) is 0 Å². The number of rotatable bonds is 1. The van der Waals surface area contributed by atoms with Crippen molar-refractivity contribution in [3.05, 3.63) is 29.8 Å². The number of likely N-dealkylation sites (N-methyl/N-ethyl adjacent to an activating group) is 2. The number of amides is 1. The number of fused-ring (bicyclic) bond motifs is 1. The zero-order chi connectivity index (χ0) is 15.7. The third-order valence-corrected chi connectivity index (χ3v) is 4.64. The summed E-state index contributed by atoms with van der Waals surface area (Å²) in [6.07, 6.45) is -0.336. The Hall–Kier alpha value is -1.59. The minimum atomic E-state index is -0.336. The Kier molecular flexibility index (Phi) is 4.36. The molecule has 22 heavy (non-hydrogen) atoms. The van der Waals surface area contributed by atoms with E-state index in [0.717, 1.165) is 13.1 Å². The average molecular weight is 303 g/mol. The molecule has 2 aliphatic rings. The molecule has 1 fully saturated rings. The molecule has 0 radical (unpaired) electrons. The Labute approximate surface area is 132 Å². The molecule has 0 N–H and O–H groups in total. The van der Waals surface area contributed by atoms with Crippen LogP contribution in [0.25, 0.3) is 0 Å². The van der Waals surface area contributed by atoms with Gasteiger partial charge < -0.3 is 19.4 Å². The summed E-state index contributed by atoms with van der Waals surface area (Å²) in [5.74, 6) is 0.115. The van der Waals surface area contributed by atoms with Crippen LogP contribution >= 0.6 is 0 Å². The largest absolute Gasteiger partial charge is 0.372 e. The lowest BCUT2D eigenvalue weighted by Gasteiger charge is -2.35. The molecule has 2 aliphatic heterocycles. The predicted octanol–water partition coefficient (Wildman–Crippen LogP) is 1.18. The van der Waals surface area contributed by atoms with Gasteiger partial charge >= 0.3 is 0 Å². The van der Waals surface area contributed by atoms with E-state index in [1.165, 1.54) is 11.3 Å². The molecule has 1 saturated heterocycles. The zero-order valence-electron chi connectivity index (χ0n) is 13.7. The molecule has 1 aromatic carbocycles.